The zero-order valence-corrected chi connectivity index (χ0v) is 20.1. The smallest absolute Gasteiger partial charge is 0.344 e. The summed E-state index contributed by atoms with van der Waals surface area (Å²) >= 11 is 1.19. The number of rotatable bonds is 7. The molecule has 7 nitrogen and oxygen atoms in total. The van der Waals surface area contributed by atoms with Gasteiger partial charge in [0.2, 0.25) is 0 Å². The molecule has 1 aliphatic heterocycles. The molecule has 2 heterocycles. The van der Waals surface area contributed by atoms with Crippen molar-refractivity contribution in [2.24, 2.45) is 23.7 Å². The van der Waals surface area contributed by atoms with Gasteiger partial charge in [-0.15, -0.1) is 11.3 Å². The molecular formula is C22H33NO6S2. The largest absolute Gasteiger partial charge is 0.460 e. The highest BCUT2D eigenvalue weighted by Gasteiger charge is 2.35. The van der Waals surface area contributed by atoms with Crippen molar-refractivity contribution in [1.29, 1.82) is 0 Å². The Morgan fingerprint density at radius 3 is 2.52 bits per heavy atom. The number of thiophene rings is 1. The first-order chi connectivity index (χ1) is 14.7. The molecule has 1 aromatic rings. The standard InChI is InChI=1S/C22H33NO6S2/c1-15(2)18-7-6-16(3)13-19(18)29-20(24)14-28-22(25)17-8-10-23(11-9-17)31(26,27)21-5-4-12-30-21/h4-5,12,15-19H,6-11,13-14H2,1-3H3/t16-,18-,19-/m1/s1. The van der Waals surface area contributed by atoms with E-state index in [2.05, 4.69) is 20.8 Å². The molecule has 0 amide bonds. The van der Waals surface area contributed by atoms with Gasteiger partial charge in [0.25, 0.3) is 10.0 Å². The SMILES string of the molecule is CC(C)[C@H]1CC[C@@H](C)C[C@H]1OC(=O)COC(=O)C1CCN(S(=O)(=O)c2cccs2)CC1. The third kappa shape index (κ3) is 6.08. The van der Waals surface area contributed by atoms with Crippen LogP contribution in [0, 0.1) is 23.7 Å². The van der Waals surface area contributed by atoms with Gasteiger partial charge in [0.1, 0.15) is 10.3 Å². The Balaban J connectivity index is 1.44. The average Bonchev–Trinajstić information content (AvgIpc) is 3.28. The monoisotopic (exact) mass is 471 g/mol. The van der Waals surface area contributed by atoms with Crippen LogP contribution in [0.1, 0.15) is 52.9 Å². The second-order valence-electron chi connectivity index (χ2n) is 9.07. The van der Waals surface area contributed by atoms with Crippen LogP contribution < -0.4 is 0 Å². The van der Waals surface area contributed by atoms with E-state index in [0.717, 1.165) is 19.3 Å². The van der Waals surface area contributed by atoms with Crippen molar-refractivity contribution >= 4 is 33.3 Å². The van der Waals surface area contributed by atoms with Gasteiger partial charge in [-0.05, 0) is 54.9 Å². The van der Waals surface area contributed by atoms with Gasteiger partial charge in [-0.3, -0.25) is 4.79 Å². The number of carbonyl (C=O) groups excluding carboxylic acids is 2. The number of nitrogens with zero attached hydrogens (tertiary/aromatic N) is 1. The van der Waals surface area contributed by atoms with Crippen LogP contribution in [0.3, 0.4) is 0 Å². The molecule has 174 valence electrons. The highest BCUT2D eigenvalue weighted by Crippen LogP contribution is 2.35. The number of sulfonamides is 1. The molecule has 0 radical (unpaired) electrons. The molecule has 9 heteroatoms. The Bertz CT molecular complexity index is 843. The van der Waals surface area contributed by atoms with Crippen LogP contribution >= 0.6 is 11.3 Å². The zero-order chi connectivity index (χ0) is 22.6. The number of piperidine rings is 1. The molecule has 1 saturated heterocycles. The predicted octanol–water partition coefficient (Wildman–Crippen LogP) is 3.70. The average molecular weight is 472 g/mol. The fourth-order valence-corrected chi connectivity index (χ4v) is 7.18. The maximum Gasteiger partial charge on any atom is 0.344 e. The van der Waals surface area contributed by atoms with Gasteiger partial charge >= 0.3 is 11.9 Å². The van der Waals surface area contributed by atoms with Crippen molar-refractivity contribution in [1.82, 2.24) is 4.31 Å². The molecule has 0 unspecified atom stereocenters. The Morgan fingerprint density at radius 1 is 1.19 bits per heavy atom. The number of esters is 2. The lowest BCUT2D eigenvalue weighted by atomic mass is 9.75. The van der Waals surface area contributed by atoms with Crippen molar-refractivity contribution in [2.75, 3.05) is 19.7 Å². The first-order valence-electron chi connectivity index (χ1n) is 11.1. The van der Waals surface area contributed by atoms with E-state index >= 15 is 0 Å². The Hall–Kier alpha value is -1.45. The van der Waals surface area contributed by atoms with E-state index in [-0.39, 0.29) is 25.8 Å². The lowest BCUT2D eigenvalue weighted by Gasteiger charge is -2.36. The molecule has 0 aromatic carbocycles. The first kappa shape index (κ1) is 24.2. The summed E-state index contributed by atoms with van der Waals surface area (Å²) in [6, 6.07) is 3.29. The molecule has 1 aromatic heterocycles. The Morgan fingerprint density at radius 2 is 1.90 bits per heavy atom. The molecular weight excluding hydrogens is 438 g/mol. The predicted molar refractivity (Wildman–Crippen MR) is 118 cm³/mol. The highest BCUT2D eigenvalue weighted by atomic mass is 32.2. The molecule has 2 fully saturated rings. The van der Waals surface area contributed by atoms with Crippen molar-refractivity contribution in [2.45, 2.75) is 63.2 Å². The van der Waals surface area contributed by atoms with Crippen LogP contribution in [0.5, 0.6) is 0 Å². The highest BCUT2D eigenvalue weighted by molar-refractivity contribution is 7.91. The minimum absolute atomic E-state index is 0.124. The fourth-order valence-electron chi connectivity index (χ4n) is 4.57. The minimum Gasteiger partial charge on any atom is -0.460 e. The van der Waals surface area contributed by atoms with E-state index in [9.17, 15) is 18.0 Å². The lowest BCUT2D eigenvalue weighted by Crippen LogP contribution is -2.41. The van der Waals surface area contributed by atoms with E-state index in [1.165, 1.54) is 15.6 Å². The summed E-state index contributed by atoms with van der Waals surface area (Å²) in [4.78, 5) is 24.7. The van der Waals surface area contributed by atoms with E-state index in [1.54, 1.807) is 17.5 Å². The van der Waals surface area contributed by atoms with E-state index < -0.39 is 27.9 Å². The molecule has 0 N–H and O–H groups in total. The van der Waals surface area contributed by atoms with Crippen LogP contribution in [0.4, 0.5) is 0 Å². The van der Waals surface area contributed by atoms with Crippen molar-refractivity contribution in [3.63, 3.8) is 0 Å². The molecule has 3 atom stereocenters. The maximum absolute atomic E-state index is 12.6. The zero-order valence-electron chi connectivity index (χ0n) is 18.5. The number of hydrogen-bond acceptors (Lipinski definition) is 7. The molecule has 31 heavy (non-hydrogen) atoms. The van der Waals surface area contributed by atoms with Crippen LogP contribution in [-0.2, 0) is 29.1 Å². The number of hydrogen-bond donors (Lipinski definition) is 0. The molecule has 1 saturated carbocycles. The minimum atomic E-state index is -3.50. The van der Waals surface area contributed by atoms with Gasteiger partial charge < -0.3 is 9.47 Å². The second kappa shape index (κ2) is 10.4. The first-order valence-corrected chi connectivity index (χ1v) is 13.4. The lowest BCUT2D eigenvalue weighted by molar-refractivity contribution is -0.169. The third-order valence-electron chi connectivity index (χ3n) is 6.45. The van der Waals surface area contributed by atoms with E-state index in [1.807, 2.05) is 0 Å². The second-order valence-corrected chi connectivity index (χ2v) is 12.2. The summed E-state index contributed by atoms with van der Waals surface area (Å²) in [6.45, 7) is 6.60. The summed E-state index contributed by atoms with van der Waals surface area (Å²) in [6.07, 6.45) is 3.68. The van der Waals surface area contributed by atoms with E-state index in [4.69, 9.17) is 9.47 Å². The van der Waals surface area contributed by atoms with Crippen molar-refractivity contribution in [3.05, 3.63) is 17.5 Å². The summed E-state index contributed by atoms with van der Waals surface area (Å²) in [7, 11) is -3.50. The van der Waals surface area contributed by atoms with Crippen LogP contribution in [0.25, 0.3) is 0 Å². The molecule has 0 bridgehead atoms. The topological polar surface area (TPSA) is 90.0 Å². The molecule has 2 aliphatic rings. The molecule has 3 rings (SSSR count). The normalized spacial score (nSPS) is 26.0. The number of carbonyl (C=O) groups is 2. The summed E-state index contributed by atoms with van der Waals surface area (Å²) in [5, 5.41) is 1.73. The molecule has 1 aliphatic carbocycles. The Labute approximate surface area is 189 Å². The van der Waals surface area contributed by atoms with Crippen LogP contribution in [0.15, 0.2) is 21.7 Å². The van der Waals surface area contributed by atoms with Gasteiger partial charge in [-0.1, -0.05) is 33.3 Å². The summed E-state index contributed by atoms with van der Waals surface area (Å²) in [5.41, 5.74) is 0. The summed E-state index contributed by atoms with van der Waals surface area (Å²) < 4.78 is 37.8. The van der Waals surface area contributed by atoms with Gasteiger partial charge in [-0.25, -0.2) is 13.2 Å². The number of ether oxygens (including phenoxy) is 2. The van der Waals surface area contributed by atoms with Crippen molar-refractivity contribution < 1.29 is 27.5 Å². The Kier molecular flexibility index (Phi) is 8.15. The van der Waals surface area contributed by atoms with Gasteiger partial charge in [0.15, 0.2) is 6.61 Å². The van der Waals surface area contributed by atoms with Gasteiger partial charge in [-0.2, -0.15) is 4.31 Å². The quantitative estimate of drug-likeness (QED) is 0.564. The fraction of sp³-hybridized carbons (Fsp3) is 0.727. The van der Waals surface area contributed by atoms with Crippen LogP contribution in [0.2, 0.25) is 0 Å². The van der Waals surface area contributed by atoms with Gasteiger partial charge in [0, 0.05) is 13.1 Å². The van der Waals surface area contributed by atoms with E-state index in [0.29, 0.717) is 34.8 Å². The third-order valence-corrected chi connectivity index (χ3v) is 9.72. The molecule has 0 spiro atoms. The van der Waals surface area contributed by atoms with Gasteiger partial charge in [0.05, 0.1) is 5.92 Å². The summed E-state index contributed by atoms with van der Waals surface area (Å²) in [5.74, 6) is -0.0704. The maximum atomic E-state index is 12.6. The van der Waals surface area contributed by atoms with Crippen molar-refractivity contribution in [3.8, 4) is 0 Å². The van der Waals surface area contributed by atoms with Crippen LogP contribution in [-0.4, -0.2) is 50.5 Å².